The molecule has 1 heterocycles. The van der Waals surface area contributed by atoms with Gasteiger partial charge >= 0.3 is 11.9 Å². The summed E-state index contributed by atoms with van der Waals surface area (Å²) in [5.41, 5.74) is 1.47. The average molecular weight is 220 g/mol. The lowest BCUT2D eigenvalue weighted by atomic mass is 9.47. The first-order valence-electron chi connectivity index (χ1n) is 5.94. The summed E-state index contributed by atoms with van der Waals surface area (Å²) in [5.74, 6) is 0.259. The highest BCUT2D eigenvalue weighted by atomic mass is 16.6. The van der Waals surface area contributed by atoms with Gasteiger partial charge in [0.05, 0.1) is 12.3 Å². The number of rotatable bonds is 1. The highest BCUT2D eigenvalue weighted by Gasteiger charge is 2.54. The third kappa shape index (κ3) is 1.14. The van der Waals surface area contributed by atoms with E-state index in [4.69, 9.17) is 0 Å². The number of allylic oxidation sites excluding steroid dienone is 1. The van der Waals surface area contributed by atoms with Gasteiger partial charge in [-0.15, -0.1) is 0 Å². The van der Waals surface area contributed by atoms with E-state index >= 15 is 0 Å². The monoisotopic (exact) mass is 220 g/mol. The number of fused-ring (bicyclic) bond motifs is 1. The van der Waals surface area contributed by atoms with E-state index in [2.05, 4.69) is 24.7 Å². The fraction of sp³-hybridized carbons (Fsp3) is 0.692. The van der Waals surface area contributed by atoms with E-state index in [1.165, 1.54) is 12.0 Å². The van der Waals surface area contributed by atoms with E-state index in [0.717, 1.165) is 12.3 Å². The molecular formula is C13H16O3. The molecule has 1 aliphatic heterocycles. The molecule has 4 aliphatic rings. The fourth-order valence-corrected chi connectivity index (χ4v) is 3.52. The Morgan fingerprint density at radius 3 is 2.62 bits per heavy atom. The molecule has 3 nitrogen and oxygen atoms in total. The Kier molecular flexibility index (Phi) is 1.86. The first-order chi connectivity index (χ1) is 7.50. The topological polar surface area (TPSA) is 43.4 Å². The Labute approximate surface area is 94.8 Å². The van der Waals surface area contributed by atoms with Gasteiger partial charge in [-0.25, -0.2) is 0 Å². The summed E-state index contributed by atoms with van der Waals surface area (Å²) in [6.45, 7) is 4.53. The highest BCUT2D eigenvalue weighted by Crippen LogP contribution is 2.61. The van der Waals surface area contributed by atoms with Crippen molar-refractivity contribution in [3.05, 3.63) is 11.6 Å². The molecule has 3 aliphatic carbocycles. The summed E-state index contributed by atoms with van der Waals surface area (Å²) in [5, 5.41) is 0. The fourth-order valence-electron chi connectivity index (χ4n) is 3.52. The zero-order valence-corrected chi connectivity index (χ0v) is 9.66. The average Bonchev–Trinajstić information content (AvgIpc) is 2.57. The Hall–Kier alpha value is -1.12. The van der Waals surface area contributed by atoms with E-state index in [9.17, 15) is 9.59 Å². The maximum atomic E-state index is 11.6. The van der Waals surface area contributed by atoms with Crippen LogP contribution in [-0.2, 0) is 14.3 Å². The van der Waals surface area contributed by atoms with Gasteiger partial charge in [0.1, 0.15) is 0 Å². The summed E-state index contributed by atoms with van der Waals surface area (Å²) in [7, 11) is 0. The normalized spacial score (nSPS) is 40.1. The van der Waals surface area contributed by atoms with Gasteiger partial charge in [0.15, 0.2) is 0 Å². The SMILES string of the molecule is CC1(C)C2CC=C(C3CC(=O)OC3=O)C1C2. The number of hydrogen-bond donors (Lipinski definition) is 0. The van der Waals surface area contributed by atoms with Crippen molar-refractivity contribution >= 4 is 11.9 Å². The molecule has 0 radical (unpaired) electrons. The van der Waals surface area contributed by atoms with Crippen molar-refractivity contribution in [2.75, 3.05) is 0 Å². The van der Waals surface area contributed by atoms with Crippen LogP contribution in [0.15, 0.2) is 11.6 Å². The summed E-state index contributed by atoms with van der Waals surface area (Å²) in [6.07, 6.45) is 4.66. The lowest BCUT2D eigenvalue weighted by Gasteiger charge is -2.57. The second-order valence-corrected chi connectivity index (χ2v) is 5.80. The van der Waals surface area contributed by atoms with Gasteiger partial charge in [0.2, 0.25) is 0 Å². The Morgan fingerprint density at radius 1 is 1.38 bits per heavy atom. The predicted octanol–water partition coefficient (Wildman–Crippen LogP) is 2.07. The Bertz CT molecular complexity index is 405. The Balaban J connectivity index is 1.89. The van der Waals surface area contributed by atoms with Crippen molar-refractivity contribution in [2.45, 2.75) is 33.1 Å². The van der Waals surface area contributed by atoms with Crippen LogP contribution in [0.25, 0.3) is 0 Å². The molecule has 0 aromatic rings. The van der Waals surface area contributed by atoms with Gasteiger partial charge in [-0.3, -0.25) is 9.59 Å². The first kappa shape index (κ1) is 10.1. The molecular weight excluding hydrogens is 204 g/mol. The molecule has 2 bridgehead atoms. The maximum absolute atomic E-state index is 11.6. The van der Waals surface area contributed by atoms with Crippen LogP contribution in [0.1, 0.15) is 33.1 Å². The van der Waals surface area contributed by atoms with E-state index in [-0.39, 0.29) is 24.3 Å². The van der Waals surface area contributed by atoms with E-state index in [1.807, 2.05) is 0 Å². The minimum Gasteiger partial charge on any atom is -0.393 e. The molecule has 16 heavy (non-hydrogen) atoms. The van der Waals surface area contributed by atoms with Gasteiger partial charge in [0.25, 0.3) is 0 Å². The van der Waals surface area contributed by atoms with E-state index in [1.54, 1.807) is 0 Å². The first-order valence-corrected chi connectivity index (χ1v) is 5.94. The Morgan fingerprint density at radius 2 is 2.12 bits per heavy atom. The standard InChI is InChI=1S/C13H16O3/c1-13(2)7-3-4-8(10(13)5-7)9-6-11(14)16-12(9)15/h4,7,9-10H,3,5-6H2,1-2H3. The van der Waals surface area contributed by atoms with Crippen LogP contribution in [0.4, 0.5) is 0 Å². The van der Waals surface area contributed by atoms with Crippen LogP contribution in [-0.4, -0.2) is 11.9 Å². The van der Waals surface area contributed by atoms with Crippen LogP contribution in [0.3, 0.4) is 0 Å². The number of carbonyl (C=O) groups excluding carboxylic acids is 2. The third-order valence-electron chi connectivity index (χ3n) is 4.78. The van der Waals surface area contributed by atoms with Crippen LogP contribution < -0.4 is 0 Å². The second-order valence-electron chi connectivity index (χ2n) is 5.80. The highest BCUT2D eigenvalue weighted by molar-refractivity contribution is 5.96. The molecule has 3 unspecified atom stereocenters. The van der Waals surface area contributed by atoms with Gasteiger partial charge in [0, 0.05) is 0 Å². The van der Waals surface area contributed by atoms with Gasteiger partial charge in [-0.1, -0.05) is 25.5 Å². The smallest absolute Gasteiger partial charge is 0.321 e. The molecule has 0 aromatic carbocycles. The van der Waals surface area contributed by atoms with Crippen molar-refractivity contribution in [2.24, 2.45) is 23.2 Å². The summed E-state index contributed by atoms with van der Waals surface area (Å²) in [6, 6.07) is 0. The molecule has 2 fully saturated rings. The predicted molar refractivity (Wildman–Crippen MR) is 57.3 cm³/mol. The molecule has 0 aromatic heterocycles. The molecule has 86 valence electrons. The molecule has 0 N–H and O–H groups in total. The number of ether oxygens (including phenoxy) is 1. The molecule has 3 atom stereocenters. The number of hydrogen-bond acceptors (Lipinski definition) is 3. The summed E-state index contributed by atoms with van der Waals surface area (Å²) >= 11 is 0. The van der Waals surface area contributed by atoms with Crippen molar-refractivity contribution in [3.8, 4) is 0 Å². The van der Waals surface area contributed by atoms with Crippen LogP contribution >= 0.6 is 0 Å². The van der Waals surface area contributed by atoms with Crippen molar-refractivity contribution in [1.82, 2.24) is 0 Å². The molecule has 0 spiro atoms. The van der Waals surface area contributed by atoms with Crippen LogP contribution in [0.5, 0.6) is 0 Å². The lowest BCUT2D eigenvalue weighted by Crippen LogP contribution is -2.49. The van der Waals surface area contributed by atoms with Gasteiger partial charge in [-0.2, -0.15) is 0 Å². The van der Waals surface area contributed by atoms with E-state index < -0.39 is 0 Å². The summed E-state index contributed by atoms with van der Waals surface area (Å²) in [4.78, 5) is 22.7. The number of carbonyl (C=O) groups is 2. The minimum atomic E-state index is -0.366. The molecule has 1 saturated heterocycles. The number of cyclic esters (lactones) is 2. The van der Waals surface area contributed by atoms with Crippen molar-refractivity contribution in [1.29, 1.82) is 0 Å². The molecule has 4 rings (SSSR count). The molecule has 3 heteroatoms. The van der Waals surface area contributed by atoms with Gasteiger partial charge < -0.3 is 4.74 Å². The molecule has 1 saturated carbocycles. The van der Waals surface area contributed by atoms with E-state index in [0.29, 0.717) is 11.3 Å². The quantitative estimate of drug-likeness (QED) is 0.386. The minimum absolute atomic E-state index is 0.252. The van der Waals surface area contributed by atoms with Crippen molar-refractivity contribution < 1.29 is 14.3 Å². The van der Waals surface area contributed by atoms with Crippen LogP contribution in [0, 0.1) is 23.2 Å². The largest absolute Gasteiger partial charge is 0.393 e. The van der Waals surface area contributed by atoms with Crippen LogP contribution in [0.2, 0.25) is 0 Å². The third-order valence-corrected chi connectivity index (χ3v) is 4.78. The second kappa shape index (κ2) is 2.96. The number of esters is 2. The molecule has 0 amide bonds. The maximum Gasteiger partial charge on any atom is 0.321 e. The van der Waals surface area contributed by atoms with Gasteiger partial charge in [-0.05, 0) is 30.1 Å². The zero-order chi connectivity index (χ0) is 11.5. The van der Waals surface area contributed by atoms with Crippen molar-refractivity contribution in [3.63, 3.8) is 0 Å². The zero-order valence-electron chi connectivity index (χ0n) is 9.66. The lowest BCUT2D eigenvalue weighted by molar-refractivity contribution is -0.153. The summed E-state index contributed by atoms with van der Waals surface area (Å²) < 4.78 is 4.64.